The Hall–Kier alpha value is -2.31. The van der Waals surface area contributed by atoms with Gasteiger partial charge in [-0.25, -0.2) is 9.78 Å². The Balaban J connectivity index is 2.50. The Morgan fingerprint density at radius 3 is 2.90 bits per heavy atom. The van der Waals surface area contributed by atoms with Crippen LogP contribution in [0.15, 0.2) is 18.3 Å². The van der Waals surface area contributed by atoms with E-state index < -0.39 is 5.97 Å². The van der Waals surface area contributed by atoms with Gasteiger partial charge in [0.25, 0.3) is 0 Å². The van der Waals surface area contributed by atoms with Crippen LogP contribution in [-0.2, 0) is 11.3 Å². The summed E-state index contributed by atoms with van der Waals surface area (Å²) in [7, 11) is 1.55. The topological polar surface area (TPSA) is 91.8 Å². The molecule has 0 aliphatic rings. The molecular formula is C14H21N3O4. The number of hydrogen-bond acceptors (Lipinski definition) is 4. The monoisotopic (exact) mass is 295 g/mol. The van der Waals surface area contributed by atoms with E-state index in [1.807, 2.05) is 13.0 Å². The van der Waals surface area contributed by atoms with Crippen molar-refractivity contribution >= 4 is 12.0 Å². The molecule has 7 nitrogen and oxygen atoms in total. The summed E-state index contributed by atoms with van der Waals surface area (Å²) in [5.74, 6) is -0.426. The van der Waals surface area contributed by atoms with E-state index in [1.54, 1.807) is 19.3 Å². The van der Waals surface area contributed by atoms with E-state index >= 15 is 0 Å². The molecule has 7 heteroatoms. The normalized spacial score (nSPS) is 10.0. The summed E-state index contributed by atoms with van der Waals surface area (Å²) in [5.41, 5.74) is 0.783. The first-order valence-corrected chi connectivity index (χ1v) is 6.82. The second-order valence-corrected chi connectivity index (χ2v) is 4.54. The number of pyridine rings is 1. The van der Waals surface area contributed by atoms with Crippen LogP contribution >= 0.6 is 0 Å². The van der Waals surface area contributed by atoms with Crippen LogP contribution in [0.3, 0.4) is 0 Å². The van der Waals surface area contributed by atoms with E-state index in [-0.39, 0.29) is 25.5 Å². The molecule has 1 heterocycles. The van der Waals surface area contributed by atoms with Gasteiger partial charge in [-0.15, -0.1) is 0 Å². The van der Waals surface area contributed by atoms with Crippen LogP contribution in [0.1, 0.15) is 25.3 Å². The van der Waals surface area contributed by atoms with Gasteiger partial charge in [-0.05, 0) is 12.5 Å². The molecule has 1 aromatic heterocycles. The number of hydrogen-bond donors (Lipinski definition) is 2. The molecule has 0 spiro atoms. The molecule has 1 aromatic rings. The van der Waals surface area contributed by atoms with Crippen molar-refractivity contribution < 1.29 is 19.4 Å². The fourth-order valence-corrected chi connectivity index (χ4v) is 1.56. The third-order valence-corrected chi connectivity index (χ3v) is 2.73. The van der Waals surface area contributed by atoms with Crippen molar-refractivity contribution in [1.82, 2.24) is 15.2 Å². The molecule has 0 atom stereocenters. The summed E-state index contributed by atoms with van der Waals surface area (Å²) in [6, 6.07) is 3.27. The van der Waals surface area contributed by atoms with Gasteiger partial charge in [-0.1, -0.05) is 13.0 Å². The largest absolute Gasteiger partial charge is 0.481 e. The molecular weight excluding hydrogens is 274 g/mol. The lowest BCUT2D eigenvalue weighted by atomic mass is 10.2. The smallest absolute Gasteiger partial charge is 0.317 e. The third-order valence-electron chi connectivity index (χ3n) is 2.73. The molecule has 0 fully saturated rings. The van der Waals surface area contributed by atoms with Gasteiger partial charge in [0.15, 0.2) is 0 Å². The summed E-state index contributed by atoms with van der Waals surface area (Å²) >= 11 is 0. The minimum Gasteiger partial charge on any atom is -0.481 e. The number of amides is 2. The number of carbonyl (C=O) groups excluding carboxylic acids is 1. The van der Waals surface area contributed by atoms with Crippen LogP contribution in [0.4, 0.5) is 4.79 Å². The fourth-order valence-electron chi connectivity index (χ4n) is 1.56. The first-order chi connectivity index (χ1) is 10.0. The fraction of sp³-hybridized carbons (Fsp3) is 0.500. The number of nitrogens with one attached hydrogen (secondary N) is 1. The second-order valence-electron chi connectivity index (χ2n) is 4.54. The number of ether oxygens (including phenoxy) is 1. The van der Waals surface area contributed by atoms with Gasteiger partial charge >= 0.3 is 12.0 Å². The van der Waals surface area contributed by atoms with Crippen molar-refractivity contribution in [3.8, 4) is 5.88 Å². The number of carbonyl (C=O) groups is 2. The quantitative estimate of drug-likeness (QED) is 0.758. The molecule has 21 heavy (non-hydrogen) atoms. The predicted molar refractivity (Wildman–Crippen MR) is 77.1 cm³/mol. The first-order valence-electron chi connectivity index (χ1n) is 6.82. The maximum Gasteiger partial charge on any atom is 0.317 e. The average molecular weight is 295 g/mol. The Kier molecular flexibility index (Phi) is 7.00. The van der Waals surface area contributed by atoms with Gasteiger partial charge in [0.2, 0.25) is 5.88 Å². The zero-order valence-corrected chi connectivity index (χ0v) is 12.3. The molecule has 116 valence electrons. The van der Waals surface area contributed by atoms with Gasteiger partial charge in [0.1, 0.15) is 0 Å². The van der Waals surface area contributed by atoms with E-state index in [2.05, 4.69) is 10.3 Å². The van der Waals surface area contributed by atoms with Crippen LogP contribution in [0.5, 0.6) is 5.88 Å². The lowest BCUT2D eigenvalue weighted by molar-refractivity contribution is -0.137. The van der Waals surface area contributed by atoms with Crippen LogP contribution < -0.4 is 10.1 Å². The zero-order valence-electron chi connectivity index (χ0n) is 12.3. The minimum absolute atomic E-state index is 0.0817. The summed E-state index contributed by atoms with van der Waals surface area (Å²) in [6.07, 6.45) is 2.43. The number of carboxylic acid groups (broad SMARTS) is 1. The van der Waals surface area contributed by atoms with E-state index in [0.29, 0.717) is 12.5 Å². The summed E-state index contributed by atoms with van der Waals surface area (Å²) < 4.78 is 5.50. The third kappa shape index (κ3) is 6.11. The second kappa shape index (κ2) is 8.78. The average Bonchev–Trinajstić information content (AvgIpc) is 2.48. The van der Waals surface area contributed by atoms with Crippen molar-refractivity contribution in [3.05, 3.63) is 23.9 Å². The molecule has 1 rings (SSSR count). The molecule has 0 saturated heterocycles. The van der Waals surface area contributed by atoms with Crippen molar-refractivity contribution in [2.45, 2.75) is 26.3 Å². The molecule has 2 amide bonds. The van der Waals surface area contributed by atoms with Gasteiger partial charge in [-0.3, -0.25) is 4.79 Å². The molecule has 0 bridgehead atoms. The minimum atomic E-state index is -0.933. The molecule has 2 N–H and O–H groups in total. The van der Waals surface area contributed by atoms with E-state index in [1.165, 1.54) is 4.90 Å². The maximum absolute atomic E-state index is 11.8. The Morgan fingerprint density at radius 2 is 2.24 bits per heavy atom. The van der Waals surface area contributed by atoms with Crippen molar-refractivity contribution in [2.24, 2.45) is 0 Å². The SMILES string of the molecule is CCCOc1ncccc1CNC(=O)N(C)CCC(=O)O. The van der Waals surface area contributed by atoms with Gasteiger partial charge in [-0.2, -0.15) is 0 Å². The van der Waals surface area contributed by atoms with Crippen molar-refractivity contribution in [2.75, 3.05) is 20.2 Å². The lowest BCUT2D eigenvalue weighted by Gasteiger charge is -2.17. The number of aromatic nitrogens is 1. The van der Waals surface area contributed by atoms with E-state index in [9.17, 15) is 9.59 Å². The van der Waals surface area contributed by atoms with Gasteiger partial charge in [0, 0.05) is 31.9 Å². The Morgan fingerprint density at radius 1 is 1.48 bits per heavy atom. The first kappa shape index (κ1) is 16.7. The highest BCUT2D eigenvalue weighted by molar-refractivity contribution is 5.75. The molecule has 0 aliphatic heterocycles. The van der Waals surface area contributed by atoms with Crippen LogP contribution in [-0.4, -0.2) is 47.2 Å². The zero-order chi connectivity index (χ0) is 15.7. The number of nitrogens with zero attached hydrogens (tertiary/aromatic N) is 2. The molecule has 0 saturated carbocycles. The molecule has 0 unspecified atom stereocenters. The molecule has 0 aromatic carbocycles. The van der Waals surface area contributed by atoms with Crippen molar-refractivity contribution in [3.63, 3.8) is 0 Å². The summed E-state index contributed by atoms with van der Waals surface area (Å²) in [6.45, 7) is 3.01. The highest BCUT2D eigenvalue weighted by atomic mass is 16.5. The molecule has 0 aliphatic carbocycles. The standard InChI is InChI=1S/C14H21N3O4/c1-3-9-21-13-11(5-4-7-15-13)10-16-14(20)17(2)8-6-12(18)19/h4-5,7H,3,6,8-10H2,1-2H3,(H,16,20)(H,18,19). The number of rotatable bonds is 8. The van der Waals surface area contributed by atoms with E-state index in [0.717, 1.165) is 12.0 Å². The van der Waals surface area contributed by atoms with Gasteiger partial charge < -0.3 is 20.1 Å². The highest BCUT2D eigenvalue weighted by Gasteiger charge is 2.11. The van der Waals surface area contributed by atoms with Crippen LogP contribution in [0, 0.1) is 0 Å². The van der Waals surface area contributed by atoms with Crippen molar-refractivity contribution in [1.29, 1.82) is 0 Å². The maximum atomic E-state index is 11.8. The number of aliphatic carboxylic acids is 1. The lowest BCUT2D eigenvalue weighted by Crippen LogP contribution is -2.38. The van der Waals surface area contributed by atoms with E-state index in [4.69, 9.17) is 9.84 Å². The Bertz CT molecular complexity index is 479. The molecule has 0 radical (unpaired) electrons. The number of carboxylic acids is 1. The Labute approximate surface area is 123 Å². The van der Waals surface area contributed by atoms with Gasteiger partial charge in [0.05, 0.1) is 13.0 Å². The highest BCUT2D eigenvalue weighted by Crippen LogP contribution is 2.14. The van der Waals surface area contributed by atoms with Crippen LogP contribution in [0.25, 0.3) is 0 Å². The summed E-state index contributed by atoms with van der Waals surface area (Å²) in [4.78, 5) is 27.7. The van der Waals surface area contributed by atoms with Crippen LogP contribution in [0.2, 0.25) is 0 Å². The predicted octanol–water partition coefficient (Wildman–Crippen LogP) is 1.49. The number of urea groups is 1. The summed E-state index contributed by atoms with van der Waals surface area (Å²) in [5, 5.41) is 11.3.